The Morgan fingerprint density at radius 3 is 2.56 bits per heavy atom. The fourth-order valence-corrected chi connectivity index (χ4v) is 3.00. The van der Waals surface area contributed by atoms with Crippen LogP contribution in [0.1, 0.15) is 39.3 Å². The summed E-state index contributed by atoms with van der Waals surface area (Å²) >= 11 is 0. The second-order valence-corrected chi connectivity index (χ2v) is 7.59. The first kappa shape index (κ1) is 19.5. The monoisotopic (exact) mass is 358 g/mol. The third-order valence-corrected chi connectivity index (χ3v) is 4.25. The van der Waals surface area contributed by atoms with Crippen LogP contribution in [0.4, 0.5) is 19.1 Å². The minimum atomic E-state index is -4.20. The zero-order valence-corrected chi connectivity index (χ0v) is 15.1. The maximum atomic E-state index is 12.4. The molecule has 1 aliphatic rings. The van der Waals surface area contributed by atoms with E-state index in [1.807, 2.05) is 25.7 Å². The number of amides is 1. The summed E-state index contributed by atoms with van der Waals surface area (Å²) in [5.74, 6) is 0.672. The number of rotatable bonds is 5. The van der Waals surface area contributed by atoms with Gasteiger partial charge in [-0.2, -0.15) is 13.2 Å². The molecule has 1 aliphatic heterocycles. The first-order valence-electron chi connectivity index (χ1n) is 8.36. The number of carbonyl (C=O) groups is 1. The van der Waals surface area contributed by atoms with E-state index in [4.69, 9.17) is 0 Å². The number of halogens is 3. The van der Waals surface area contributed by atoms with Crippen LogP contribution in [-0.2, 0) is 11.2 Å². The molecular formula is C17H25F3N4O. The van der Waals surface area contributed by atoms with Crippen LogP contribution < -0.4 is 4.90 Å². The molecule has 1 aromatic rings. The highest BCUT2D eigenvalue weighted by Crippen LogP contribution is 2.27. The lowest BCUT2D eigenvalue weighted by Crippen LogP contribution is -2.42. The Kier molecular flexibility index (Phi) is 5.58. The van der Waals surface area contributed by atoms with Crippen molar-refractivity contribution in [3.05, 3.63) is 18.0 Å². The van der Waals surface area contributed by atoms with Crippen molar-refractivity contribution in [3.63, 3.8) is 0 Å². The van der Waals surface area contributed by atoms with Crippen LogP contribution in [0.5, 0.6) is 0 Å². The van der Waals surface area contributed by atoms with E-state index in [0.717, 1.165) is 0 Å². The van der Waals surface area contributed by atoms with Gasteiger partial charge in [-0.15, -0.1) is 0 Å². The van der Waals surface area contributed by atoms with Gasteiger partial charge in [-0.05, 0) is 33.3 Å². The first-order valence-corrected chi connectivity index (χ1v) is 8.36. The molecule has 2 heterocycles. The summed E-state index contributed by atoms with van der Waals surface area (Å²) in [6.45, 7) is 7.26. The Balaban J connectivity index is 1.97. The average molecular weight is 358 g/mol. The molecule has 0 N–H and O–H groups in total. The van der Waals surface area contributed by atoms with Crippen molar-refractivity contribution in [3.8, 4) is 0 Å². The lowest BCUT2D eigenvalue weighted by atomic mass is 10.1. The van der Waals surface area contributed by atoms with Crippen LogP contribution in [0.25, 0.3) is 0 Å². The molecule has 1 aromatic heterocycles. The molecular weight excluding hydrogens is 333 g/mol. The van der Waals surface area contributed by atoms with Crippen molar-refractivity contribution in [1.82, 2.24) is 14.9 Å². The second-order valence-electron chi connectivity index (χ2n) is 7.59. The van der Waals surface area contributed by atoms with Crippen LogP contribution in [0.15, 0.2) is 12.3 Å². The van der Waals surface area contributed by atoms with Crippen molar-refractivity contribution < 1.29 is 18.0 Å². The number of likely N-dealkylation sites (tertiary alicyclic amines) is 1. The van der Waals surface area contributed by atoms with E-state index in [0.29, 0.717) is 31.2 Å². The molecule has 0 radical (unpaired) electrons. The van der Waals surface area contributed by atoms with Crippen LogP contribution in [0.2, 0.25) is 0 Å². The average Bonchev–Trinajstić information content (AvgIpc) is 2.85. The molecule has 0 aliphatic carbocycles. The topological polar surface area (TPSA) is 49.3 Å². The Morgan fingerprint density at radius 1 is 1.32 bits per heavy atom. The fraction of sp³-hybridized carbons (Fsp3) is 0.706. The molecule has 0 bridgehead atoms. The Morgan fingerprint density at radius 2 is 2.00 bits per heavy atom. The van der Waals surface area contributed by atoms with Gasteiger partial charge in [0.25, 0.3) is 0 Å². The van der Waals surface area contributed by atoms with E-state index in [1.165, 1.54) is 12.3 Å². The number of hydrogen-bond acceptors (Lipinski definition) is 4. The predicted molar refractivity (Wildman–Crippen MR) is 89.3 cm³/mol. The molecule has 25 heavy (non-hydrogen) atoms. The molecule has 5 nitrogen and oxygen atoms in total. The van der Waals surface area contributed by atoms with E-state index >= 15 is 0 Å². The van der Waals surface area contributed by atoms with E-state index in [-0.39, 0.29) is 23.8 Å². The summed E-state index contributed by atoms with van der Waals surface area (Å²) in [5, 5.41) is 0. The zero-order chi connectivity index (χ0) is 18.8. The summed E-state index contributed by atoms with van der Waals surface area (Å²) in [4.78, 5) is 24.2. The first-order chi connectivity index (χ1) is 11.5. The molecule has 8 heteroatoms. The number of aromatic nitrogens is 2. The van der Waals surface area contributed by atoms with Crippen molar-refractivity contribution in [2.75, 3.05) is 25.0 Å². The molecule has 0 spiro atoms. The molecule has 0 saturated carbocycles. The van der Waals surface area contributed by atoms with E-state index in [2.05, 4.69) is 9.97 Å². The van der Waals surface area contributed by atoms with Gasteiger partial charge in [-0.3, -0.25) is 4.79 Å². The molecule has 140 valence electrons. The van der Waals surface area contributed by atoms with Gasteiger partial charge in [-0.1, -0.05) is 0 Å². The van der Waals surface area contributed by atoms with E-state index in [9.17, 15) is 18.0 Å². The maximum Gasteiger partial charge on any atom is 0.389 e. The summed E-state index contributed by atoms with van der Waals surface area (Å²) in [7, 11) is 1.80. The van der Waals surface area contributed by atoms with Gasteiger partial charge in [-0.25, -0.2) is 9.97 Å². The van der Waals surface area contributed by atoms with Gasteiger partial charge in [0, 0.05) is 56.3 Å². The molecule has 1 fully saturated rings. The molecule has 1 atom stereocenters. The standard InChI is InChI=1S/C17H25F3N4O/c1-16(2,3)24-11-12(9-14(24)25)10-23(4)15-21-8-6-13(22-15)5-7-17(18,19)20/h6,8,12H,5,7,9-11H2,1-4H3. The molecule has 1 amide bonds. The van der Waals surface area contributed by atoms with Crippen molar-refractivity contribution >= 4 is 11.9 Å². The van der Waals surface area contributed by atoms with Gasteiger partial charge in [0.05, 0.1) is 0 Å². The van der Waals surface area contributed by atoms with Crippen molar-refractivity contribution in [2.24, 2.45) is 5.92 Å². The summed E-state index contributed by atoms with van der Waals surface area (Å²) in [5.41, 5.74) is 0.159. The van der Waals surface area contributed by atoms with E-state index < -0.39 is 12.6 Å². The van der Waals surface area contributed by atoms with Crippen molar-refractivity contribution in [1.29, 1.82) is 0 Å². The number of hydrogen-bond donors (Lipinski definition) is 0. The predicted octanol–water partition coefficient (Wildman–Crippen LogP) is 3.05. The zero-order valence-electron chi connectivity index (χ0n) is 15.1. The Labute approximate surface area is 146 Å². The van der Waals surface area contributed by atoms with Crippen molar-refractivity contribution in [2.45, 2.75) is 51.7 Å². The fourth-order valence-electron chi connectivity index (χ4n) is 3.00. The molecule has 1 saturated heterocycles. The van der Waals surface area contributed by atoms with Gasteiger partial charge < -0.3 is 9.80 Å². The minimum absolute atomic E-state index is 0.130. The van der Waals surface area contributed by atoms with Gasteiger partial charge in [0.15, 0.2) is 0 Å². The third kappa shape index (κ3) is 5.57. The highest BCUT2D eigenvalue weighted by atomic mass is 19.4. The largest absolute Gasteiger partial charge is 0.389 e. The van der Waals surface area contributed by atoms with Crippen LogP contribution in [0.3, 0.4) is 0 Å². The summed E-state index contributed by atoms with van der Waals surface area (Å²) in [6.07, 6.45) is -3.31. The third-order valence-electron chi connectivity index (χ3n) is 4.25. The van der Waals surface area contributed by atoms with Crippen LogP contribution in [0, 0.1) is 5.92 Å². The highest BCUT2D eigenvalue weighted by Gasteiger charge is 2.36. The molecule has 1 unspecified atom stereocenters. The molecule has 0 aromatic carbocycles. The lowest BCUT2D eigenvalue weighted by molar-refractivity contribution is -0.134. The van der Waals surface area contributed by atoms with Gasteiger partial charge in [0.1, 0.15) is 0 Å². The van der Waals surface area contributed by atoms with E-state index in [1.54, 1.807) is 11.9 Å². The quantitative estimate of drug-likeness (QED) is 0.812. The number of aryl methyl sites for hydroxylation is 1. The maximum absolute atomic E-state index is 12.4. The molecule has 2 rings (SSSR count). The number of nitrogens with zero attached hydrogens (tertiary/aromatic N) is 4. The Hall–Kier alpha value is -1.86. The summed E-state index contributed by atoms with van der Waals surface area (Å²) < 4.78 is 37.1. The number of carbonyl (C=O) groups excluding carboxylic acids is 1. The van der Waals surface area contributed by atoms with Gasteiger partial charge in [0.2, 0.25) is 11.9 Å². The second kappa shape index (κ2) is 7.17. The highest BCUT2D eigenvalue weighted by molar-refractivity contribution is 5.79. The Bertz CT molecular complexity index is 613. The SMILES string of the molecule is CN(CC1CC(=O)N(C(C)(C)C)C1)c1nccc(CCC(F)(F)F)n1. The number of anilines is 1. The lowest BCUT2D eigenvalue weighted by Gasteiger charge is -2.32. The minimum Gasteiger partial charge on any atom is -0.344 e. The van der Waals surface area contributed by atoms with Crippen LogP contribution in [-0.4, -0.2) is 52.6 Å². The normalized spacial score (nSPS) is 18.8. The number of alkyl halides is 3. The van der Waals surface area contributed by atoms with Crippen LogP contribution >= 0.6 is 0 Å². The smallest absolute Gasteiger partial charge is 0.344 e. The van der Waals surface area contributed by atoms with Gasteiger partial charge >= 0.3 is 6.18 Å². The summed E-state index contributed by atoms with van der Waals surface area (Å²) in [6, 6.07) is 1.50.